The maximum absolute atomic E-state index is 13.1. The Labute approximate surface area is 221 Å². The van der Waals surface area contributed by atoms with Crippen molar-refractivity contribution in [2.45, 2.75) is 9.79 Å². The maximum Gasteiger partial charge on any atom is 0.267 e. The van der Waals surface area contributed by atoms with Gasteiger partial charge in [-0.2, -0.15) is 0 Å². The summed E-state index contributed by atoms with van der Waals surface area (Å²) in [6.07, 6.45) is 5.61. The lowest BCUT2D eigenvalue weighted by molar-refractivity contribution is -0.111. The topological polar surface area (TPSA) is 132 Å². The minimum absolute atomic E-state index is 0.0801. The number of sulfonamides is 1. The quantitative estimate of drug-likeness (QED) is 0.253. The number of nitrogen functional groups attached to an aromatic ring is 1. The molecule has 4 rings (SSSR count). The van der Waals surface area contributed by atoms with Crippen LogP contribution < -0.4 is 11.1 Å². The van der Waals surface area contributed by atoms with Gasteiger partial charge in [0.1, 0.15) is 0 Å². The third-order valence-corrected chi connectivity index (χ3v) is 9.21. The zero-order valence-electron chi connectivity index (χ0n) is 20.6. The van der Waals surface area contributed by atoms with Crippen LogP contribution in [0, 0.1) is 0 Å². The van der Waals surface area contributed by atoms with Crippen molar-refractivity contribution >= 4 is 43.4 Å². The second-order valence-electron chi connectivity index (χ2n) is 8.53. The van der Waals surface area contributed by atoms with Gasteiger partial charge in [0.25, 0.3) is 10.0 Å². The molecule has 4 aromatic rings. The number of hydrogen-bond acceptors (Lipinski definition) is 6. The standard InChI is InChI=1S/C27H26N4O5S2/c1-30(2)37(33,34)23-12-8-21(9-13-23)22-10-14-24(15-11-22)38(35,36)31-18-17-20(19-31)7-16-27(32)29-26-6-4-3-5-25(26)28/h3-19H,28H2,1-2H3,(H,29,32)/b16-7+. The van der Waals surface area contributed by atoms with E-state index in [2.05, 4.69) is 5.32 Å². The summed E-state index contributed by atoms with van der Waals surface area (Å²) in [4.78, 5) is 12.5. The number of anilines is 2. The summed E-state index contributed by atoms with van der Waals surface area (Å²) in [5.74, 6) is -0.401. The number of nitrogens with two attached hydrogens (primary N) is 1. The van der Waals surface area contributed by atoms with Crippen LogP contribution in [0.5, 0.6) is 0 Å². The molecule has 0 saturated carbocycles. The molecule has 0 aliphatic rings. The SMILES string of the molecule is CN(C)S(=O)(=O)c1ccc(-c2ccc(S(=O)(=O)n3ccc(/C=C/C(=O)Nc4ccccc4N)c3)cc2)cc1. The molecule has 1 aromatic heterocycles. The van der Waals surface area contributed by atoms with Crippen LogP contribution in [-0.4, -0.2) is 45.1 Å². The highest BCUT2D eigenvalue weighted by Gasteiger charge is 2.18. The van der Waals surface area contributed by atoms with E-state index >= 15 is 0 Å². The first-order valence-corrected chi connectivity index (χ1v) is 14.3. The van der Waals surface area contributed by atoms with E-state index in [1.54, 1.807) is 54.6 Å². The lowest BCUT2D eigenvalue weighted by atomic mass is 10.1. The van der Waals surface area contributed by atoms with Crippen LogP contribution in [0.25, 0.3) is 17.2 Å². The second-order valence-corrected chi connectivity index (χ2v) is 12.5. The molecular weight excluding hydrogens is 524 g/mol. The fraction of sp³-hybridized carbons (Fsp3) is 0.0741. The number of rotatable bonds is 8. The van der Waals surface area contributed by atoms with Gasteiger partial charge in [0, 0.05) is 32.6 Å². The monoisotopic (exact) mass is 550 g/mol. The minimum Gasteiger partial charge on any atom is -0.397 e. The van der Waals surface area contributed by atoms with Gasteiger partial charge in [-0.05, 0) is 65.2 Å². The molecule has 0 saturated heterocycles. The number of carbonyl (C=O) groups is 1. The Balaban J connectivity index is 1.47. The first-order chi connectivity index (χ1) is 18.0. The van der Waals surface area contributed by atoms with Crippen molar-refractivity contribution in [1.82, 2.24) is 8.28 Å². The van der Waals surface area contributed by atoms with Crippen LogP contribution in [0.1, 0.15) is 5.56 Å². The van der Waals surface area contributed by atoms with Crippen molar-refractivity contribution in [2.24, 2.45) is 0 Å². The van der Waals surface area contributed by atoms with Crippen molar-refractivity contribution in [3.8, 4) is 11.1 Å². The number of amides is 1. The number of para-hydroxylation sites is 2. The van der Waals surface area contributed by atoms with E-state index in [-0.39, 0.29) is 9.79 Å². The summed E-state index contributed by atoms with van der Waals surface area (Å²) < 4.78 is 52.9. The Kier molecular flexibility index (Phi) is 7.53. The Bertz CT molecular complexity index is 1710. The average molecular weight is 551 g/mol. The summed E-state index contributed by atoms with van der Waals surface area (Å²) in [6.45, 7) is 0. The molecule has 0 atom stereocenters. The molecule has 1 amide bonds. The Hall–Kier alpha value is -4.19. The molecule has 196 valence electrons. The van der Waals surface area contributed by atoms with E-state index in [4.69, 9.17) is 5.73 Å². The molecular formula is C27H26N4O5S2. The third-order valence-electron chi connectivity index (χ3n) is 5.73. The summed E-state index contributed by atoms with van der Waals surface area (Å²) in [5.41, 5.74) is 8.75. The fourth-order valence-corrected chi connectivity index (χ4v) is 5.68. The molecule has 0 spiro atoms. The smallest absolute Gasteiger partial charge is 0.267 e. The van der Waals surface area contributed by atoms with Gasteiger partial charge in [0.2, 0.25) is 15.9 Å². The highest BCUT2D eigenvalue weighted by atomic mass is 32.2. The summed E-state index contributed by atoms with van der Waals surface area (Å²) in [5, 5.41) is 2.67. The Morgan fingerprint density at radius 2 is 1.42 bits per heavy atom. The van der Waals surface area contributed by atoms with E-state index in [9.17, 15) is 21.6 Å². The van der Waals surface area contributed by atoms with Crippen LogP contribution in [0.2, 0.25) is 0 Å². The van der Waals surface area contributed by atoms with Gasteiger partial charge in [0.15, 0.2) is 0 Å². The minimum atomic E-state index is -3.86. The zero-order valence-corrected chi connectivity index (χ0v) is 22.3. The van der Waals surface area contributed by atoms with Crippen LogP contribution in [0.3, 0.4) is 0 Å². The van der Waals surface area contributed by atoms with Gasteiger partial charge in [-0.15, -0.1) is 0 Å². The van der Waals surface area contributed by atoms with Crippen LogP contribution in [0.4, 0.5) is 11.4 Å². The van der Waals surface area contributed by atoms with Gasteiger partial charge in [-0.25, -0.2) is 25.1 Å². The first kappa shape index (κ1) is 26.9. The molecule has 11 heteroatoms. The van der Waals surface area contributed by atoms with Crippen molar-refractivity contribution in [3.63, 3.8) is 0 Å². The Morgan fingerprint density at radius 3 is 2.00 bits per heavy atom. The maximum atomic E-state index is 13.1. The van der Waals surface area contributed by atoms with Gasteiger partial charge in [-0.3, -0.25) is 4.79 Å². The molecule has 0 unspecified atom stereocenters. The zero-order chi connectivity index (χ0) is 27.5. The van der Waals surface area contributed by atoms with Crippen molar-refractivity contribution < 1.29 is 21.6 Å². The molecule has 0 bridgehead atoms. The first-order valence-electron chi connectivity index (χ1n) is 11.4. The fourth-order valence-electron chi connectivity index (χ4n) is 3.57. The highest BCUT2D eigenvalue weighted by Crippen LogP contribution is 2.25. The van der Waals surface area contributed by atoms with Crippen LogP contribution >= 0.6 is 0 Å². The third kappa shape index (κ3) is 5.70. The largest absolute Gasteiger partial charge is 0.397 e. The molecule has 9 nitrogen and oxygen atoms in total. The number of benzene rings is 3. The van der Waals surface area contributed by atoms with Gasteiger partial charge in [-0.1, -0.05) is 36.4 Å². The summed E-state index contributed by atoms with van der Waals surface area (Å²) >= 11 is 0. The average Bonchev–Trinajstić information content (AvgIpc) is 3.39. The predicted octanol–water partition coefficient (Wildman–Crippen LogP) is 3.88. The molecule has 0 aliphatic carbocycles. The normalized spacial score (nSPS) is 12.2. The lowest BCUT2D eigenvalue weighted by Gasteiger charge is -2.12. The van der Waals surface area contributed by atoms with E-state index in [1.807, 2.05) is 0 Å². The predicted molar refractivity (Wildman–Crippen MR) is 148 cm³/mol. The molecule has 0 aliphatic heterocycles. The Morgan fingerprint density at radius 1 is 0.842 bits per heavy atom. The number of nitrogens with zero attached hydrogens (tertiary/aromatic N) is 2. The van der Waals surface area contributed by atoms with Gasteiger partial charge < -0.3 is 11.1 Å². The lowest BCUT2D eigenvalue weighted by Crippen LogP contribution is -2.22. The van der Waals surface area contributed by atoms with Gasteiger partial charge >= 0.3 is 0 Å². The van der Waals surface area contributed by atoms with Gasteiger partial charge in [0.05, 0.1) is 21.2 Å². The molecule has 38 heavy (non-hydrogen) atoms. The molecule has 0 radical (unpaired) electrons. The highest BCUT2D eigenvalue weighted by molar-refractivity contribution is 7.90. The van der Waals surface area contributed by atoms with E-state index in [0.717, 1.165) is 19.4 Å². The van der Waals surface area contributed by atoms with Crippen molar-refractivity contribution in [3.05, 3.63) is 103 Å². The molecule has 3 N–H and O–H groups in total. The molecule has 3 aromatic carbocycles. The number of nitrogens with one attached hydrogen (secondary N) is 1. The number of aromatic nitrogens is 1. The van der Waals surface area contributed by atoms with Crippen LogP contribution in [0.15, 0.2) is 107 Å². The van der Waals surface area contributed by atoms with E-state index < -0.39 is 26.0 Å². The number of hydrogen-bond donors (Lipinski definition) is 2. The van der Waals surface area contributed by atoms with E-state index in [1.165, 1.54) is 62.9 Å². The number of carbonyl (C=O) groups excluding carboxylic acids is 1. The summed E-state index contributed by atoms with van der Waals surface area (Å²) in [6, 6.07) is 21.1. The van der Waals surface area contributed by atoms with E-state index in [0.29, 0.717) is 16.9 Å². The van der Waals surface area contributed by atoms with Crippen LogP contribution in [-0.2, 0) is 24.8 Å². The molecule has 1 heterocycles. The van der Waals surface area contributed by atoms with Crippen molar-refractivity contribution in [2.75, 3.05) is 25.1 Å². The summed E-state index contributed by atoms with van der Waals surface area (Å²) in [7, 11) is -4.47. The second kappa shape index (κ2) is 10.7. The van der Waals surface area contributed by atoms with Crippen molar-refractivity contribution in [1.29, 1.82) is 0 Å². The molecule has 0 fully saturated rings.